The lowest BCUT2D eigenvalue weighted by Gasteiger charge is -2.39. The van der Waals surface area contributed by atoms with Crippen LogP contribution in [0.2, 0.25) is 0 Å². The second kappa shape index (κ2) is 9.15. The minimum Gasteiger partial charge on any atom is -0.497 e. The zero-order chi connectivity index (χ0) is 22.8. The van der Waals surface area contributed by atoms with Crippen molar-refractivity contribution in [1.82, 2.24) is 0 Å². The zero-order valence-electron chi connectivity index (χ0n) is 17.0. The van der Waals surface area contributed by atoms with E-state index in [1.165, 1.54) is 24.5 Å². The van der Waals surface area contributed by atoms with Gasteiger partial charge in [-0.2, -0.15) is 0 Å². The highest BCUT2D eigenvalue weighted by Gasteiger charge is 2.44. The Morgan fingerprint density at radius 1 is 0.938 bits per heavy atom. The first-order chi connectivity index (χ1) is 15.4. The van der Waals surface area contributed by atoms with E-state index in [0.29, 0.717) is 11.5 Å². The van der Waals surface area contributed by atoms with Crippen LogP contribution in [0.5, 0.6) is 23.0 Å². The Hall–Kier alpha value is -3.15. The van der Waals surface area contributed by atoms with Crippen molar-refractivity contribution in [3.8, 4) is 23.0 Å². The molecule has 0 unspecified atom stereocenters. The molecule has 1 aliphatic heterocycles. The Labute approximate surface area is 181 Å². The van der Waals surface area contributed by atoms with E-state index in [9.17, 15) is 25.2 Å². The van der Waals surface area contributed by atoms with Gasteiger partial charge in [0.25, 0.3) is 0 Å². The highest BCUT2D eigenvalue weighted by Crippen LogP contribution is 2.28. The van der Waals surface area contributed by atoms with Gasteiger partial charge in [-0.3, -0.25) is 4.79 Å². The van der Waals surface area contributed by atoms with Gasteiger partial charge in [-0.05, 0) is 36.4 Å². The lowest BCUT2D eigenvalue weighted by Crippen LogP contribution is -2.60. The predicted octanol–water partition coefficient (Wildman–Crippen LogP) is 0.773. The summed E-state index contributed by atoms with van der Waals surface area (Å²) in [4.78, 5) is 12.8. The average molecular weight is 446 g/mol. The lowest BCUT2D eigenvalue weighted by molar-refractivity contribution is -0.277. The summed E-state index contributed by atoms with van der Waals surface area (Å²) in [5.41, 5.74) is -0.208. The van der Waals surface area contributed by atoms with Crippen molar-refractivity contribution in [2.24, 2.45) is 0 Å². The number of aliphatic hydroxyl groups is 4. The first-order valence-corrected chi connectivity index (χ1v) is 9.76. The molecule has 1 fully saturated rings. The summed E-state index contributed by atoms with van der Waals surface area (Å²) >= 11 is 0. The minimum atomic E-state index is -1.57. The summed E-state index contributed by atoms with van der Waals surface area (Å²) in [6.45, 7) is -0.575. The van der Waals surface area contributed by atoms with E-state index in [1.807, 2.05) is 0 Å². The number of rotatable bonds is 6. The third-order valence-electron chi connectivity index (χ3n) is 5.10. The van der Waals surface area contributed by atoms with E-state index in [0.717, 1.165) is 0 Å². The quantitative estimate of drug-likeness (QED) is 0.428. The monoisotopic (exact) mass is 446 g/mol. The Bertz CT molecular complexity index is 1120. The Balaban J connectivity index is 1.54. The molecule has 0 bridgehead atoms. The predicted molar refractivity (Wildman–Crippen MR) is 110 cm³/mol. The van der Waals surface area contributed by atoms with Crippen LogP contribution in [0.4, 0.5) is 0 Å². The number of ether oxygens (including phenoxy) is 4. The van der Waals surface area contributed by atoms with E-state index >= 15 is 0 Å². The summed E-state index contributed by atoms with van der Waals surface area (Å²) in [5.74, 6) is 1.24. The fourth-order valence-corrected chi connectivity index (χ4v) is 3.30. The molecule has 2 heterocycles. The molecule has 0 saturated carbocycles. The SMILES string of the molecule is COc1ccc(Oc2coc3cc(O[C@@H]4O[C@H](CO)[C@H](O)[C@@H](O)[C@H]4O)ccc3c2=O)cc1. The van der Waals surface area contributed by atoms with E-state index in [-0.39, 0.29) is 22.5 Å². The summed E-state index contributed by atoms with van der Waals surface area (Å²) in [6.07, 6.45) is -5.90. The van der Waals surface area contributed by atoms with Crippen LogP contribution in [0.3, 0.4) is 0 Å². The largest absolute Gasteiger partial charge is 0.497 e. The highest BCUT2D eigenvalue weighted by molar-refractivity contribution is 5.79. The normalized spacial score (nSPS) is 25.5. The molecule has 0 amide bonds. The molecule has 1 aromatic heterocycles. The lowest BCUT2D eigenvalue weighted by atomic mass is 9.99. The van der Waals surface area contributed by atoms with Crippen LogP contribution in [0.1, 0.15) is 0 Å². The molecule has 3 aromatic rings. The van der Waals surface area contributed by atoms with Crippen LogP contribution < -0.4 is 19.6 Å². The second-order valence-electron chi connectivity index (χ2n) is 7.18. The maximum Gasteiger partial charge on any atom is 0.235 e. The number of methoxy groups -OCH3 is 1. The van der Waals surface area contributed by atoms with Crippen molar-refractivity contribution in [3.63, 3.8) is 0 Å². The fourth-order valence-electron chi connectivity index (χ4n) is 3.30. The summed E-state index contributed by atoms with van der Waals surface area (Å²) in [7, 11) is 1.54. The zero-order valence-corrected chi connectivity index (χ0v) is 17.0. The molecule has 0 aliphatic carbocycles. The average Bonchev–Trinajstić information content (AvgIpc) is 2.81. The Morgan fingerprint density at radius 3 is 2.31 bits per heavy atom. The molecule has 4 N–H and O–H groups in total. The Morgan fingerprint density at radius 2 is 1.62 bits per heavy atom. The van der Waals surface area contributed by atoms with Crippen LogP contribution in [-0.4, -0.2) is 64.8 Å². The van der Waals surface area contributed by atoms with Gasteiger partial charge in [0, 0.05) is 6.07 Å². The molecule has 170 valence electrons. The molecule has 1 aliphatic rings. The molecule has 4 rings (SSSR count). The van der Waals surface area contributed by atoms with Crippen LogP contribution in [-0.2, 0) is 4.74 Å². The summed E-state index contributed by atoms with van der Waals surface area (Å²) in [6, 6.07) is 11.0. The fraction of sp³-hybridized carbons (Fsp3) is 0.318. The summed E-state index contributed by atoms with van der Waals surface area (Å²) < 4.78 is 27.1. The topological polar surface area (TPSA) is 148 Å². The van der Waals surface area contributed by atoms with Crippen LogP contribution in [0, 0.1) is 0 Å². The number of hydrogen-bond donors (Lipinski definition) is 4. The van der Waals surface area contributed by atoms with Crippen molar-refractivity contribution in [1.29, 1.82) is 0 Å². The smallest absolute Gasteiger partial charge is 0.235 e. The molecule has 1 saturated heterocycles. The molecule has 0 radical (unpaired) electrons. The number of benzene rings is 2. The van der Waals surface area contributed by atoms with Gasteiger partial charge in [-0.25, -0.2) is 0 Å². The van der Waals surface area contributed by atoms with Gasteiger partial charge < -0.3 is 43.8 Å². The van der Waals surface area contributed by atoms with E-state index in [1.54, 1.807) is 31.4 Å². The first kappa shape index (κ1) is 22.1. The van der Waals surface area contributed by atoms with Crippen molar-refractivity contribution in [3.05, 3.63) is 59.0 Å². The molecule has 5 atom stereocenters. The van der Waals surface area contributed by atoms with Crippen molar-refractivity contribution >= 4 is 11.0 Å². The van der Waals surface area contributed by atoms with Gasteiger partial charge in [0.15, 0.2) is 0 Å². The third-order valence-corrected chi connectivity index (χ3v) is 5.10. The molecule has 0 spiro atoms. The molecule has 2 aromatic carbocycles. The van der Waals surface area contributed by atoms with E-state index in [2.05, 4.69) is 0 Å². The molecular weight excluding hydrogens is 424 g/mol. The first-order valence-electron chi connectivity index (χ1n) is 9.76. The molecule has 10 heteroatoms. The summed E-state index contributed by atoms with van der Waals surface area (Å²) in [5, 5.41) is 39.4. The molecular formula is C22H22O10. The van der Waals surface area contributed by atoms with Gasteiger partial charge in [0.05, 0.1) is 19.1 Å². The van der Waals surface area contributed by atoms with Crippen LogP contribution in [0.15, 0.2) is 57.9 Å². The van der Waals surface area contributed by atoms with E-state index < -0.39 is 42.7 Å². The Kier molecular flexibility index (Phi) is 6.31. The highest BCUT2D eigenvalue weighted by atomic mass is 16.7. The van der Waals surface area contributed by atoms with E-state index in [4.69, 9.17) is 23.4 Å². The van der Waals surface area contributed by atoms with Gasteiger partial charge in [-0.1, -0.05) is 0 Å². The second-order valence-corrected chi connectivity index (χ2v) is 7.18. The maximum atomic E-state index is 12.8. The number of fused-ring (bicyclic) bond motifs is 1. The van der Waals surface area contributed by atoms with Crippen molar-refractivity contribution in [2.45, 2.75) is 30.7 Å². The molecule has 10 nitrogen and oxygen atoms in total. The molecule has 32 heavy (non-hydrogen) atoms. The maximum absolute atomic E-state index is 12.8. The van der Waals surface area contributed by atoms with Gasteiger partial charge in [-0.15, -0.1) is 0 Å². The third kappa shape index (κ3) is 4.27. The van der Waals surface area contributed by atoms with Gasteiger partial charge in [0.2, 0.25) is 17.5 Å². The minimum absolute atomic E-state index is 0.00901. The van der Waals surface area contributed by atoms with Crippen LogP contribution in [0.25, 0.3) is 11.0 Å². The van der Waals surface area contributed by atoms with Crippen molar-refractivity contribution < 1.29 is 43.8 Å². The standard InChI is InChI=1S/C22H22O10/c1-28-11-2-4-12(5-3-11)30-17-10-29-15-8-13(6-7-14(15)18(17)24)31-22-21(27)20(26)19(25)16(9-23)32-22/h2-8,10,16,19-23,25-27H,9H2,1H3/t16-,19+,20-,21-,22-/m1/s1. The number of aliphatic hydroxyl groups excluding tert-OH is 4. The van der Waals surface area contributed by atoms with Gasteiger partial charge in [0.1, 0.15) is 53.5 Å². The van der Waals surface area contributed by atoms with Crippen LogP contribution >= 0.6 is 0 Å². The van der Waals surface area contributed by atoms with Crippen molar-refractivity contribution in [2.75, 3.05) is 13.7 Å². The van der Waals surface area contributed by atoms with Gasteiger partial charge >= 0.3 is 0 Å². The number of hydrogen-bond acceptors (Lipinski definition) is 10.